The molecule has 0 saturated heterocycles. The fraction of sp³-hybridized carbons (Fsp3) is 0.348. The molecule has 1 N–H and O–H groups in total. The van der Waals surface area contributed by atoms with E-state index in [1.807, 2.05) is 6.07 Å². The minimum absolute atomic E-state index is 0.0631. The van der Waals surface area contributed by atoms with Crippen molar-refractivity contribution in [3.8, 4) is 5.69 Å². The molecule has 1 amide bonds. The third kappa shape index (κ3) is 4.41. The highest BCUT2D eigenvalue weighted by Crippen LogP contribution is 2.25. The molecule has 0 radical (unpaired) electrons. The molecule has 2 aromatic carbocycles. The molecule has 3 aromatic rings. The number of aromatic nitrogens is 2. The Bertz CT molecular complexity index is 1110. The Labute approximate surface area is 178 Å². The molecule has 2 unspecified atom stereocenters. The Balaban J connectivity index is 1.62. The first-order valence-electron chi connectivity index (χ1n) is 10.2. The molecular formula is C23H24FN3O2S. The van der Waals surface area contributed by atoms with Crippen LogP contribution in [0.1, 0.15) is 32.6 Å². The summed E-state index contributed by atoms with van der Waals surface area (Å²) in [4.78, 5) is 30.3. The van der Waals surface area contributed by atoms with E-state index in [4.69, 9.17) is 0 Å². The summed E-state index contributed by atoms with van der Waals surface area (Å²) < 4.78 is 14.9. The van der Waals surface area contributed by atoms with Crippen LogP contribution in [-0.4, -0.2) is 27.3 Å². The Morgan fingerprint density at radius 3 is 2.67 bits per heavy atom. The Hall–Kier alpha value is -2.67. The number of rotatable bonds is 5. The van der Waals surface area contributed by atoms with Gasteiger partial charge in [0, 0.05) is 6.04 Å². The van der Waals surface area contributed by atoms with Crippen molar-refractivity contribution in [2.45, 2.75) is 43.8 Å². The molecule has 0 bridgehead atoms. The van der Waals surface area contributed by atoms with Gasteiger partial charge in [-0.2, -0.15) is 0 Å². The highest BCUT2D eigenvalue weighted by molar-refractivity contribution is 7.99. The fourth-order valence-corrected chi connectivity index (χ4v) is 4.76. The lowest BCUT2D eigenvalue weighted by molar-refractivity contribution is -0.119. The van der Waals surface area contributed by atoms with Gasteiger partial charge in [-0.1, -0.05) is 43.7 Å². The van der Waals surface area contributed by atoms with Crippen molar-refractivity contribution < 1.29 is 9.18 Å². The molecule has 1 fully saturated rings. The van der Waals surface area contributed by atoms with E-state index < -0.39 is 0 Å². The average molecular weight is 426 g/mol. The summed E-state index contributed by atoms with van der Waals surface area (Å²) in [7, 11) is 0. The van der Waals surface area contributed by atoms with E-state index in [1.54, 1.807) is 30.3 Å². The van der Waals surface area contributed by atoms with Crippen LogP contribution in [0.2, 0.25) is 0 Å². The molecule has 7 heteroatoms. The Kier molecular flexibility index (Phi) is 6.18. The number of carbonyl (C=O) groups excluding carboxylic acids is 1. The molecule has 0 spiro atoms. The predicted molar refractivity (Wildman–Crippen MR) is 118 cm³/mol. The normalized spacial score (nSPS) is 19.0. The molecule has 1 heterocycles. The Morgan fingerprint density at radius 1 is 1.17 bits per heavy atom. The maximum Gasteiger partial charge on any atom is 0.266 e. The highest BCUT2D eigenvalue weighted by Gasteiger charge is 2.23. The van der Waals surface area contributed by atoms with Gasteiger partial charge in [0.2, 0.25) is 5.91 Å². The molecule has 1 aliphatic carbocycles. The van der Waals surface area contributed by atoms with Gasteiger partial charge in [-0.05, 0) is 55.2 Å². The van der Waals surface area contributed by atoms with Crippen molar-refractivity contribution in [3.05, 3.63) is 64.7 Å². The number of benzene rings is 2. The van der Waals surface area contributed by atoms with Crippen molar-refractivity contribution in [2.75, 3.05) is 5.75 Å². The minimum Gasteiger partial charge on any atom is -0.352 e. The summed E-state index contributed by atoms with van der Waals surface area (Å²) in [5.41, 5.74) is 0.851. The van der Waals surface area contributed by atoms with Crippen LogP contribution in [0.25, 0.3) is 16.6 Å². The number of para-hydroxylation sites is 1. The standard InChI is InChI=1S/C23H24FN3O2S/c1-15-6-2-4-8-19(15)25-21(28)14-30-23-26-20-9-5-3-7-18(20)22(29)27(23)17-12-10-16(24)11-13-17/h3,5,7,9-13,15,19H,2,4,6,8,14H2,1H3,(H,25,28). The summed E-state index contributed by atoms with van der Waals surface area (Å²) in [5, 5.41) is 4.03. The van der Waals surface area contributed by atoms with Crippen LogP contribution in [0.3, 0.4) is 0 Å². The number of carbonyl (C=O) groups is 1. The van der Waals surface area contributed by atoms with Gasteiger partial charge in [-0.15, -0.1) is 0 Å². The summed E-state index contributed by atoms with van der Waals surface area (Å²) in [6.45, 7) is 2.17. The minimum atomic E-state index is -0.379. The fourth-order valence-electron chi connectivity index (χ4n) is 3.94. The molecule has 0 aliphatic heterocycles. The number of halogens is 1. The van der Waals surface area contributed by atoms with Crippen molar-refractivity contribution in [2.24, 2.45) is 5.92 Å². The first-order valence-corrected chi connectivity index (χ1v) is 11.2. The van der Waals surface area contributed by atoms with Crippen LogP contribution in [-0.2, 0) is 4.79 Å². The average Bonchev–Trinajstić information content (AvgIpc) is 2.75. The first kappa shape index (κ1) is 20.6. The highest BCUT2D eigenvalue weighted by atomic mass is 32.2. The zero-order valence-electron chi connectivity index (χ0n) is 16.8. The molecule has 1 aromatic heterocycles. The Morgan fingerprint density at radius 2 is 1.90 bits per heavy atom. The number of nitrogens with zero attached hydrogens (tertiary/aromatic N) is 2. The largest absolute Gasteiger partial charge is 0.352 e. The summed E-state index contributed by atoms with van der Waals surface area (Å²) in [6, 6.07) is 13.0. The van der Waals surface area contributed by atoms with Gasteiger partial charge in [0.1, 0.15) is 5.82 Å². The van der Waals surface area contributed by atoms with Gasteiger partial charge < -0.3 is 5.32 Å². The third-order valence-electron chi connectivity index (χ3n) is 5.62. The molecule has 2 atom stereocenters. The number of nitrogens with one attached hydrogen (secondary N) is 1. The van der Waals surface area contributed by atoms with Gasteiger partial charge in [0.15, 0.2) is 5.16 Å². The summed E-state index contributed by atoms with van der Waals surface area (Å²) in [5.74, 6) is 0.196. The first-order chi connectivity index (χ1) is 14.5. The molecule has 30 heavy (non-hydrogen) atoms. The molecule has 1 aliphatic rings. The quantitative estimate of drug-likeness (QED) is 0.489. The van der Waals surface area contributed by atoms with Crippen LogP contribution in [0.4, 0.5) is 4.39 Å². The van der Waals surface area contributed by atoms with E-state index in [9.17, 15) is 14.0 Å². The second-order valence-corrected chi connectivity index (χ2v) is 8.70. The zero-order chi connectivity index (χ0) is 21.1. The predicted octanol–water partition coefficient (Wildman–Crippen LogP) is 4.31. The number of hydrogen-bond donors (Lipinski definition) is 1. The smallest absolute Gasteiger partial charge is 0.266 e. The van der Waals surface area contributed by atoms with E-state index in [2.05, 4.69) is 17.2 Å². The van der Waals surface area contributed by atoms with Gasteiger partial charge >= 0.3 is 0 Å². The second kappa shape index (κ2) is 9.00. The lowest BCUT2D eigenvalue weighted by Crippen LogP contribution is -2.41. The lowest BCUT2D eigenvalue weighted by Gasteiger charge is -2.29. The third-order valence-corrected chi connectivity index (χ3v) is 6.56. The van der Waals surface area contributed by atoms with Crippen molar-refractivity contribution in [3.63, 3.8) is 0 Å². The summed E-state index contributed by atoms with van der Waals surface area (Å²) >= 11 is 1.22. The van der Waals surface area contributed by atoms with Crippen LogP contribution in [0, 0.1) is 11.7 Å². The van der Waals surface area contributed by atoms with Gasteiger partial charge in [-0.25, -0.2) is 9.37 Å². The second-order valence-electron chi connectivity index (χ2n) is 7.75. The van der Waals surface area contributed by atoms with Crippen LogP contribution in [0.15, 0.2) is 58.5 Å². The van der Waals surface area contributed by atoms with Gasteiger partial charge in [0.05, 0.1) is 22.3 Å². The number of hydrogen-bond acceptors (Lipinski definition) is 4. The van der Waals surface area contributed by atoms with Crippen LogP contribution in [0.5, 0.6) is 0 Å². The van der Waals surface area contributed by atoms with E-state index in [-0.39, 0.29) is 29.1 Å². The van der Waals surface area contributed by atoms with E-state index >= 15 is 0 Å². The maximum absolute atomic E-state index is 13.4. The zero-order valence-corrected chi connectivity index (χ0v) is 17.6. The van der Waals surface area contributed by atoms with Crippen LogP contribution < -0.4 is 10.9 Å². The van der Waals surface area contributed by atoms with Crippen LogP contribution >= 0.6 is 11.8 Å². The van der Waals surface area contributed by atoms with E-state index in [1.165, 1.54) is 34.9 Å². The van der Waals surface area contributed by atoms with E-state index in [0.29, 0.717) is 27.7 Å². The van der Waals surface area contributed by atoms with Crippen molar-refractivity contribution in [1.29, 1.82) is 0 Å². The molecule has 5 nitrogen and oxygen atoms in total. The lowest BCUT2D eigenvalue weighted by atomic mass is 9.86. The molecule has 156 valence electrons. The number of amides is 1. The topological polar surface area (TPSA) is 64.0 Å². The van der Waals surface area contributed by atoms with Gasteiger partial charge in [-0.3, -0.25) is 14.2 Å². The maximum atomic E-state index is 13.4. The van der Waals surface area contributed by atoms with Crippen molar-refractivity contribution >= 4 is 28.6 Å². The molecular weight excluding hydrogens is 401 g/mol. The monoisotopic (exact) mass is 425 g/mol. The summed E-state index contributed by atoms with van der Waals surface area (Å²) in [6.07, 6.45) is 4.49. The molecule has 4 rings (SSSR count). The number of thioether (sulfide) groups is 1. The molecule has 1 saturated carbocycles. The number of fused-ring (bicyclic) bond motifs is 1. The van der Waals surface area contributed by atoms with E-state index in [0.717, 1.165) is 19.3 Å². The van der Waals surface area contributed by atoms with Crippen molar-refractivity contribution in [1.82, 2.24) is 14.9 Å². The SMILES string of the molecule is CC1CCCCC1NC(=O)CSc1nc2ccccc2c(=O)n1-c1ccc(F)cc1. The van der Waals surface area contributed by atoms with Gasteiger partial charge in [0.25, 0.3) is 5.56 Å².